The molecule has 0 radical (unpaired) electrons. The zero-order chi connectivity index (χ0) is 16.6. The third kappa shape index (κ3) is 1.82. The first-order chi connectivity index (χ1) is 10.8. The van der Waals surface area contributed by atoms with Gasteiger partial charge in [-0.3, -0.25) is 0 Å². The average Bonchev–Trinajstić information content (AvgIpc) is 2.78. The van der Waals surface area contributed by atoms with Gasteiger partial charge in [0, 0.05) is 10.8 Å². The Balaban J connectivity index is 1.78. The van der Waals surface area contributed by atoms with Gasteiger partial charge < -0.3 is 15.3 Å². The summed E-state index contributed by atoms with van der Waals surface area (Å²) in [7, 11) is 0. The van der Waals surface area contributed by atoms with Gasteiger partial charge in [0.15, 0.2) is 0 Å². The van der Waals surface area contributed by atoms with Crippen LogP contribution in [0, 0.1) is 34.0 Å². The molecule has 4 aliphatic rings. The Morgan fingerprint density at radius 3 is 2.52 bits per heavy atom. The monoisotopic (exact) mass is 320 g/mol. The summed E-state index contributed by atoms with van der Waals surface area (Å²) in [4.78, 5) is 0. The van der Waals surface area contributed by atoms with Crippen LogP contribution in [-0.2, 0) is 0 Å². The molecule has 0 saturated heterocycles. The lowest BCUT2D eigenvalue weighted by molar-refractivity contribution is -0.230. The Hall–Kier alpha value is -0.380. The Morgan fingerprint density at radius 2 is 1.83 bits per heavy atom. The maximum Gasteiger partial charge on any atom is 0.0618 e. The van der Waals surface area contributed by atoms with E-state index in [4.69, 9.17) is 0 Å². The Bertz CT molecular complexity index is 531. The lowest BCUT2D eigenvalue weighted by Crippen LogP contribution is -2.64. The second kappa shape index (κ2) is 4.83. The van der Waals surface area contributed by atoms with Crippen LogP contribution in [0.5, 0.6) is 0 Å². The largest absolute Gasteiger partial charge is 0.396 e. The number of aliphatic hydroxyl groups is 3. The van der Waals surface area contributed by atoms with E-state index >= 15 is 0 Å². The zero-order valence-corrected chi connectivity index (χ0v) is 14.6. The highest BCUT2D eigenvalue weighted by Gasteiger charge is 2.67. The SMILES string of the molecule is C=C1C[C@]23C[C@H]1CC[C@@H]2[C@]1(C)CC[C@@H](O)[C@](C)(CO)[C@@H]1C[C@@H]3O. The van der Waals surface area contributed by atoms with Gasteiger partial charge in [-0.05, 0) is 68.1 Å². The van der Waals surface area contributed by atoms with Gasteiger partial charge in [0.05, 0.1) is 18.8 Å². The molecule has 3 heteroatoms. The Morgan fingerprint density at radius 1 is 1.09 bits per heavy atom. The van der Waals surface area contributed by atoms with Crippen molar-refractivity contribution in [3.8, 4) is 0 Å². The molecule has 2 bridgehead atoms. The first-order valence-electron chi connectivity index (χ1n) is 9.42. The average molecular weight is 320 g/mol. The standard InChI is InChI=1S/C20H32O3/c1-12-9-20-10-13(12)4-5-14(20)18(2)7-6-16(22)19(3,11-21)15(18)8-17(20)23/h13-17,21-23H,1,4-11H2,2-3H3/t13-,14-,15-,16-,17+,18+,19-,20+/m1/s1. The van der Waals surface area contributed by atoms with Crippen LogP contribution in [0.15, 0.2) is 12.2 Å². The van der Waals surface area contributed by atoms with Crippen molar-refractivity contribution in [2.45, 2.75) is 71.0 Å². The fourth-order valence-corrected chi connectivity index (χ4v) is 7.51. The van der Waals surface area contributed by atoms with Gasteiger partial charge in [-0.15, -0.1) is 0 Å². The van der Waals surface area contributed by atoms with Gasteiger partial charge in [0.25, 0.3) is 0 Å². The zero-order valence-electron chi connectivity index (χ0n) is 14.6. The van der Waals surface area contributed by atoms with Crippen molar-refractivity contribution in [2.24, 2.45) is 34.0 Å². The molecule has 4 aliphatic carbocycles. The minimum Gasteiger partial charge on any atom is -0.396 e. The van der Waals surface area contributed by atoms with Gasteiger partial charge in [-0.2, -0.15) is 0 Å². The number of rotatable bonds is 1. The van der Waals surface area contributed by atoms with Crippen molar-refractivity contribution >= 4 is 0 Å². The van der Waals surface area contributed by atoms with E-state index in [2.05, 4.69) is 13.5 Å². The van der Waals surface area contributed by atoms with Crippen molar-refractivity contribution in [1.29, 1.82) is 0 Å². The molecule has 0 aliphatic heterocycles. The molecule has 130 valence electrons. The van der Waals surface area contributed by atoms with E-state index in [0.717, 1.165) is 32.1 Å². The van der Waals surface area contributed by atoms with E-state index in [1.165, 1.54) is 18.4 Å². The molecule has 0 amide bonds. The van der Waals surface area contributed by atoms with Gasteiger partial charge in [0.2, 0.25) is 0 Å². The number of aliphatic hydroxyl groups excluding tert-OH is 3. The Labute approximate surface area is 139 Å². The minimum atomic E-state index is -0.484. The van der Waals surface area contributed by atoms with E-state index in [9.17, 15) is 15.3 Å². The third-order valence-corrected chi connectivity index (χ3v) is 8.83. The number of hydrogen-bond acceptors (Lipinski definition) is 3. The van der Waals surface area contributed by atoms with Crippen LogP contribution in [0.25, 0.3) is 0 Å². The summed E-state index contributed by atoms with van der Waals surface area (Å²) in [5.74, 6) is 1.30. The number of fused-ring (bicyclic) bond motifs is 3. The normalized spacial score (nSPS) is 58.7. The highest BCUT2D eigenvalue weighted by atomic mass is 16.3. The summed E-state index contributed by atoms with van der Waals surface area (Å²) in [6, 6.07) is 0. The Kier molecular flexibility index (Phi) is 3.38. The molecule has 8 atom stereocenters. The molecule has 1 spiro atoms. The fourth-order valence-electron chi connectivity index (χ4n) is 7.51. The molecule has 4 fully saturated rings. The molecule has 3 N–H and O–H groups in total. The molecule has 0 aromatic rings. The number of allylic oxidation sites excluding steroid dienone is 1. The minimum absolute atomic E-state index is 0.0101. The summed E-state index contributed by atoms with van der Waals surface area (Å²) in [5, 5.41) is 31.8. The van der Waals surface area contributed by atoms with Gasteiger partial charge in [-0.1, -0.05) is 26.0 Å². The molecule has 23 heavy (non-hydrogen) atoms. The second-order valence-electron chi connectivity index (χ2n) is 9.63. The van der Waals surface area contributed by atoms with Gasteiger partial charge in [-0.25, -0.2) is 0 Å². The molecular weight excluding hydrogens is 288 g/mol. The molecule has 4 rings (SSSR count). The summed E-state index contributed by atoms with van der Waals surface area (Å²) in [6.45, 7) is 8.74. The van der Waals surface area contributed by atoms with Crippen LogP contribution < -0.4 is 0 Å². The third-order valence-electron chi connectivity index (χ3n) is 8.83. The second-order valence-corrected chi connectivity index (χ2v) is 9.63. The molecule has 0 aromatic carbocycles. The van der Waals surface area contributed by atoms with Crippen LogP contribution in [0.3, 0.4) is 0 Å². The molecule has 0 aromatic heterocycles. The van der Waals surface area contributed by atoms with Gasteiger partial charge in [0.1, 0.15) is 0 Å². The summed E-state index contributed by atoms with van der Waals surface area (Å²) >= 11 is 0. The van der Waals surface area contributed by atoms with Crippen LogP contribution >= 0.6 is 0 Å². The van der Waals surface area contributed by atoms with Crippen molar-refractivity contribution in [2.75, 3.05) is 6.61 Å². The molecule has 3 nitrogen and oxygen atoms in total. The van der Waals surface area contributed by atoms with Crippen LogP contribution in [0.2, 0.25) is 0 Å². The quantitative estimate of drug-likeness (QED) is 0.651. The molecule has 0 heterocycles. The van der Waals surface area contributed by atoms with E-state index in [0.29, 0.717) is 11.8 Å². The molecule has 0 unspecified atom stereocenters. The maximum absolute atomic E-state index is 11.2. The van der Waals surface area contributed by atoms with Crippen molar-refractivity contribution in [3.05, 3.63) is 12.2 Å². The summed E-state index contributed by atoms with van der Waals surface area (Å²) < 4.78 is 0. The van der Waals surface area contributed by atoms with Crippen molar-refractivity contribution in [1.82, 2.24) is 0 Å². The predicted molar refractivity (Wildman–Crippen MR) is 89.7 cm³/mol. The smallest absolute Gasteiger partial charge is 0.0618 e. The van der Waals surface area contributed by atoms with Crippen molar-refractivity contribution in [3.63, 3.8) is 0 Å². The molecular formula is C20H32O3. The van der Waals surface area contributed by atoms with Crippen LogP contribution in [0.4, 0.5) is 0 Å². The van der Waals surface area contributed by atoms with E-state index in [1.807, 2.05) is 6.92 Å². The molecule has 4 saturated carbocycles. The highest BCUT2D eigenvalue weighted by molar-refractivity contribution is 5.24. The van der Waals surface area contributed by atoms with E-state index < -0.39 is 11.5 Å². The van der Waals surface area contributed by atoms with Gasteiger partial charge >= 0.3 is 0 Å². The number of hydrogen-bond donors (Lipinski definition) is 3. The topological polar surface area (TPSA) is 60.7 Å². The summed E-state index contributed by atoms with van der Waals surface area (Å²) in [6.07, 6.45) is 6.22. The summed E-state index contributed by atoms with van der Waals surface area (Å²) in [5.41, 5.74) is 1.01. The predicted octanol–water partition coefficient (Wildman–Crippen LogP) is 2.89. The van der Waals surface area contributed by atoms with Crippen LogP contribution in [-0.4, -0.2) is 34.1 Å². The lowest BCUT2D eigenvalue weighted by Gasteiger charge is -2.66. The maximum atomic E-state index is 11.2. The van der Waals surface area contributed by atoms with Crippen LogP contribution in [0.1, 0.15) is 58.8 Å². The fraction of sp³-hybridized carbons (Fsp3) is 0.900. The highest BCUT2D eigenvalue weighted by Crippen LogP contribution is 2.71. The lowest BCUT2D eigenvalue weighted by atomic mass is 9.40. The first-order valence-corrected chi connectivity index (χ1v) is 9.42. The van der Waals surface area contributed by atoms with Crippen molar-refractivity contribution < 1.29 is 15.3 Å². The van der Waals surface area contributed by atoms with E-state index in [1.54, 1.807) is 0 Å². The van der Waals surface area contributed by atoms with E-state index in [-0.39, 0.29) is 29.5 Å². The first kappa shape index (κ1) is 16.1.